The highest BCUT2D eigenvalue weighted by atomic mass is 16.6. The fourth-order valence-corrected chi connectivity index (χ4v) is 1.84. The first kappa shape index (κ1) is 14.4. The predicted octanol–water partition coefficient (Wildman–Crippen LogP) is 1.12. The molecule has 0 saturated heterocycles. The van der Waals surface area contributed by atoms with Crippen molar-refractivity contribution < 1.29 is 9.72 Å². The van der Waals surface area contributed by atoms with Gasteiger partial charge in [0.25, 0.3) is 11.6 Å². The second-order valence-corrected chi connectivity index (χ2v) is 4.36. The molecular formula is C13H13N5O3. The van der Waals surface area contributed by atoms with Crippen LogP contribution in [0.1, 0.15) is 16.1 Å². The topological polar surface area (TPSA) is 115 Å². The third-order valence-electron chi connectivity index (χ3n) is 2.82. The van der Waals surface area contributed by atoms with Gasteiger partial charge in [-0.1, -0.05) is 6.07 Å². The Kier molecular flexibility index (Phi) is 4.07. The van der Waals surface area contributed by atoms with Gasteiger partial charge in [0, 0.05) is 19.3 Å². The molecule has 2 heterocycles. The molecule has 21 heavy (non-hydrogen) atoms. The van der Waals surface area contributed by atoms with E-state index in [9.17, 15) is 14.9 Å². The zero-order valence-electron chi connectivity index (χ0n) is 11.3. The highest BCUT2D eigenvalue weighted by Gasteiger charge is 2.19. The molecule has 0 spiro atoms. The Morgan fingerprint density at radius 2 is 2.19 bits per heavy atom. The number of carbonyl (C=O) groups is 1. The number of pyridine rings is 2. The summed E-state index contributed by atoms with van der Waals surface area (Å²) in [5.41, 5.74) is 5.77. The minimum atomic E-state index is -0.769. The molecule has 0 aliphatic heterocycles. The first-order valence-electron chi connectivity index (χ1n) is 6.04. The number of nitrogens with zero attached hydrogens (tertiary/aromatic N) is 4. The molecule has 0 atom stereocenters. The number of carbonyl (C=O) groups excluding carboxylic acids is 1. The zero-order chi connectivity index (χ0) is 15.4. The highest BCUT2D eigenvalue weighted by molar-refractivity contribution is 5.98. The summed E-state index contributed by atoms with van der Waals surface area (Å²) in [6.07, 6.45) is 2.75. The van der Waals surface area contributed by atoms with Crippen LogP contribution in [0.25, 0.3) is 0 Å². The van der Waals surface area contributed by atoms with Crippen LogP contribution < -0.4 is 10.6 Å². The van der Waals surface area contributed by atoms with Gasteiger partial charge in [0.2, 0.25) is 0 Å². The molecule has 0 bridgehead atoms. The van der Waals surface area contributed by atoms with Crippen LogP contribution in [0.5, 0.6) is 0 Å². The summed E-state index contributed by atoms with van der Waals surface area (Å²) >= 11 is 0. The van der Waals surface area contributed by atoms with Gasteiger partial charge < -0.3 is 10.6 Å². The van der Waals surface area contributed by atoms with Crippen LogP contribution in [0.4, 0.5) is 11.5 Å². The number of nitro groups is 1. The van der Waals surface area contributed by atoms with E-state index in [1.54, 1.807) is 24.2 Å². The van der Waals surface area contributed by atoms with E-state index in [1.807, 2.05) is 12.1 Å². The van der Waals surface area contributed by atoms with Crippen molar-refractivity contribution in [3.8, 4) is 0 Å². The Bertz CT molecular complexity index is 675. The first-order valence-corrected chi connectivity index (χ1v) is 6.04. The van der Waals surface area contributed by atoms with Gasteiger partial charge in [-0.15, -0.1) is 0 Å². The molecule has 2 rings (SSSR count). The summed E-state index contributed by atoms with van der Waals surface area (Å²) in [6, 6.07) is 6.59. The Labute approximate surface area is 120 Å². The van der Waals surface area contributed by atoms with Gasteiger partial charge in [-0.25, -0.2) is 4.98 Å². The van der Waals surface area contributed by atoms with Crippen LogP contribution in [-0.2, 0) is 6.54 Å². The van der Waals surface area contributed by atoms with E-state index < -0.39 is 10.8 Å². The lowest BCUT2D eigenvalue weighted by molar-refractivity contribution is -0.385. The zero-order valence-corrected chi connectivity index (χ0v) is 11.3. The average Bonchev–Trinajstić information content (AvgIpc) is 2.47. The van der Waals surface area contributed by atoms with Crippen LogP contribution in [0.3, 0.4) is 0 Å². The molecule has 0 unspecified atom stereocenters. The monoisotopic (exact) mass is 287 g/mol. The minimum absolute atomic E-state index is 0.00244. The third kappa shape index (κ3) is 3.30. The van der Waals surface area contributed by atoms with E-state index in [2.05, 4.69) is 9.97 Å². The summed E-state index contributed by atoms with van der Waals surface area (Å²) in [6.45, 7) is 0.395. The van der Waals surface area contributed by atoms with E-state index in [-0.39, 0.29) is 17.1 Å². The number of nitrogens with two attached hydrogens (primary N) is 1. The summed E-state index contributed by atoms with van der Waals surface area (Å²) < 4.78 is 0. The molecule has 8 heteroatoms. The number of primary amides is 1. The van der Waals surface area contributed by atoms with Crippen molar-refractivity contribution in [3.63, 3.8) is 0 Å². The maximum absolute atomic E-state index is 11.5. The fourth-order valence-electron chi connectivity index (χ4n) is 1.84. The quantitative estimate of drug-likeness (QED) is 0.650. The van der Waals surface area contributed by atoms with Crippen molar-refractivity contribution >= 4 is 17.4 Å². The molecule has 2 aromatic heterocycles. The normalized spacial score (nSPS) is 10.1. The van der Waals surface area contributed by atoms with Gasteiger partial charge in [-0.3, -0.25) is 19.9 Å². The number of aromatic nitrogens is 2. The van der Waals surface area contributed by atoms with Crippen LogP contribution >= 0.6 is 0 Å². The van der Waals surface area contributed by atoms with Crippen LogP contribution in [0, 0.1) is 10.1 Å². The molecule has 1 amide bonds. The Balaban J connectivity index is 2.34. The maximum Gasteiger partial charge on any atom is 0.288 e. The second-order valence-electron chi connectivity index (χ2n) is 4.36. The third-order valence-corrected chi connectivity index (χ3v) is 2.82. The van der Waals surface area contributed by atoms with Gasteiger partial charge in [0.05, 0.1) is 22.7 Å². The Morgan fingerprint density at radius 1 is 1.43 bits per heavy atom. The average molecular weight is 287 g/mol. The lowest BCUT2D eigenvalue weighted by Crippen LogP contribution is -2.23. The van der Waals surface area contributed by atoms with E-state index in [1.165, 1.54) is 0 Å². The summed E-state index contributed by atoms with van der Waals surface area (Å²) in [5.74, 6) is -0.493. The minimum Gasteiger partial charge on any atom is -0.365 e. The molecule has 0 aliphatic rings. The lowest BCUT2D eigenvalue weighted by atomic mass is 10.2. The number of rotatable bonds is 5. The van der Waals surface area contributed by atoms with E-state index >= 15 is 0 Å². The summed E-state index contributed by atoms with van der Waals surface area (Å²) in [7, 11) is 1.70. The molecule has 108 valence electrons. The maximum atomic E-state index is 11.5. The lowest BCUT2D eigenvalue weighted by Gasteiger charge is -2.19. The van der Waals surface area contributed by atoms with Crippen molar-refractivity contribution in [1.82, 2.24) is 9.97 Å². The highest BCUT2D eigenvalue weighted by Crippen LogP contribution is 2.22. The number of amides is 1. The molecule has 8 nitrogen and oxygen atoms in total. The van der Waals surface area contributed by atoms with Crippen LogP contribution in [0.15, 0.2) is 36.7 Å². The summed E-state index contributed by atoms with van der Waals surface area (Å²) in [4.78, 5) is 31.4. The van der Waals surface area contributed by atoms with Gasteiger partial charge in [-0.2, -0.15) is 0 Å². The summed E-state index contributed by atoms with van der Waals surface area (Å²) in [5, 5.41) is 10.7. The van der Waals surface area contributed by atoms with E-state index in [4.69, 9.17) is 5.73 Å². The molecule has 2 aromatic rings. The van der Waals surface area contributed by atoms with E-state index in [0.717, 1.165) is 18.0 Å². The molecule has 0 fully saturated rings. The Hall–Kier alpha value is -3.03. The number of hydrogen-bond donors (Lipinski definition) is 1. The predicted molar refractivity (Wildman–Crippen MR) is 75.8 cm³/mol. The molecule has 0 aromatic carbocycles. The van der Waals surface area contributed by atoms with Crippen molar-refractivity contribution in [1.29, 1.82) is 0 Å². The molecule has 0 radical (unpaired) electrons. The van der Waals surface area contributed by atoms with E-state index in [0.29, 0.717) is 6.54 Å². The smallest absolute Gasteiger partial charge is 0.288 e. The molecule has 2 N–H and O–H groups in total. The van der Waals surface area contributed by atoms with Crippen LogP contribution in [0.2, 0.25) is 0 Å². The largest absolute Gasteiger partial charge is 0.365 e. The fraction of sp³-hybridized carbons (Fsp3) is 0.154. The SMILES string of the molecule is CN(Cc1ccccn1)c1ncc([N+](=O)[O-])cc1C(N)=O. The number of anilines is 1. The molecular weight excluding hydrogens is 274 g/mol. The number of hydrogen-bond acceptors (Lipinski definition) is 6. The van der Waals surface area contributed by atoms with Crippen LogP contribution in [-0.4, -0.2) is 27.8 Å². The molecule has 0 saturated carbocycles. The second kappa shape index (κ2) is 5.95. The molecule has 0 aliphatic carbocycles. The Morgan fingerprint density at radius 3 is 2.76 bits per heavy atom. The van der Waals surface area contributed by atoms with Gasteiger partial charge in [-0.05, 0) is 12.1 Å². The van der Waals surface area contributed by atoms with Gasteiger partial charge in [0.1, 0.15) is 12.0 Å². The standard InChI is InChI=1S/C13H13N5O3/c1-17(8-9-4-2-3-5-15-9)13-11(12(14)19)6-10(7-16-13)18(20)21/h2-7H,8H2,1H3,(H2,14,19). The van der Waals surface area contributed by atoms with Crippen molar-refractivity contribution in [2.75, 3.05) is 11.9 Å². The van der Waals surface area contributed by atoms with Crippen molar-refractivity contribution in [2.45, 2.75) is 6.54 Å². The van der Waals surface area contributed by atoms with Crippen molar-refractivity contribution in [2.24, 2.45) is 5.73 Å². The van der Waals surface area contributed by atoms with Gasteiger partial charge in [0.15, 0.2) is 0 Å². The first-order chi connectivity index (χ1) is 9.99. The van der Waals surface area contributed by atoms with Gasteiger partial charge >= 0.3 is 0 Å². The van der Waals surface area contributed by atoms with Crippen molar-refractivity contribution in [3.05, 3.63) is 58.0 Å².